The van der Waals surface area contributed by atoms with Crippen molar-refractivity contribution in [3.63, 3.8) is 0 Å². The second-order valence-corrected chi connectivity index (χ2v) is 13.7. The number of hydrogen-bond acceptors (Lipinski definition) is 1. The van der Waals surface area contributed by atoms with Crippen LogP contribution in [0.3, 0.4) is 0 Å². The molecule has 38 heavy (non-hydrogen) atoms. The molecular weight excluding hydrogens is 460 g/mol. The number of benzene rings is 4. The van der Waals surface area contributed by atoms with Crippen LogP contribution in [0.5, 0.6) is 0 Å². The third-order valence-corrected chi connectivity index (χ3v) is 10.8. The maximum Gasteiger partial charge on any atom is 0.139 e. The van der Waals surface area contributed by atoms with Crippen LogP contribution >= 0.6 is 0 Å². The fraction of sp³-hybridized carbons (Fsp3) is 0.297. The van der Waals surface area contributed by atoms with E-state index in [-0.39, 0.29) is 16.2 Å². The van der Waals surface area contributed by atoms with E-state index in [1.165, 1.54) is 72.3 Å². The van der Waals surface area contributed by atoms with E-state index in [2.05, 4.69) is 114 Å². The summed E-state index contributed by atoms with van der Waals surface area (Å²) in [7, 11) is 0. The van der Waals surface area contributed by atoms with Crippen molar-refractivity contribution in [1.29, 1.82) is 0 Å². The minimum Gasteiger partial charge on any atom is -0.460 e. The van der Waals surface area contributed by atoms with E-state index in [0.29, 0.717) is 11.8 Å². The smallest absolute Gasteiger partial charge is 0.139 e. The minimum atomic E-state index is -0.128. The first-order chi connectivity index (χ1) is 18.2. The van der Waals surface area contributed by atoms with Crippen LogP contribution in [0.15, 0.2) is 77.2 Å². The Balaban J connectivity index is 1.53. The molecule has 1 heteroatoms. The Morgan fingerprint density at radius 1 is 0.579 bits per heavy atom. The standard InChI is InChI=1S/C37H32O/c1-35(2)23-17-11-9-15-21(23)25-27-28-29-19-13-7-8-14-20(19)30(37(29,5)6)34(28)38-33(27)32-26(31(25)35)22-16-10-12-18-24(22)36(32,3)4/h7-18,29-30H,1-6H3. The lowest BCUT2D eigenvalue weighted by atomic mass is 9.74. The molecule has 0 spiro atoms. The molecule has 5 aromatic rings. The average molecular weight is 493 g/mol. The molecule has 186 valence electrons. The summed E-state index contributed by atoms with van der Waals surface area (Å²) in [5.41, 5.74) is 16.8. The van der Waals surface area contributed by atoms with Crippen LogP contribution in [0.1, 0.15) is 98.1 Å². The molecule has 0 N–H and O–H groups in total. The summed E-state index contributed by atoms with van der Waals surface area (Å²) >= 11 is 0. The van der Waals surface area contributed by atoms with Crippen LogP contribution < -0.4 is 0 Å². The molecule has 2 atom stereocenters. The SMILES string of the molecule is CC1(C)c2ccccc2-c2c1c1c(c3oc4c(c23)C2c3ccccc3C4C2(C)C)C(C)(C)c2ccccc2-1. The summed E-state index contributed by atoms with van der Waals surface area (Å²) < 4.78 is 7.26. The number of furan rings is 1. The van der Waals surface area contributed by atoms with Crippen LogP contribution in [0, 0.1) is 5.41 Å². The molecule has 2 bridgehead atoms. The molecule has 2 unspecified atom stereocenters. The maximum atomic E-state index is 7.26. The first-order valence-corrected chi connectivity index (χ1v) is 14.1. The van der Waals surface area contributed by atoms with Crippen molar-refractivity contribution in [1.82, 2.24) is 0 Å². The van der Waals surface area contributed by atoms with Gasteiger partial charge in [-0.1, -0.05) is 114 Å². The van der Waals surface area contributed by atoms with E-state index >= 15 is 0 Å². The fourth-order valence-corrected chi connectivity index (χ4v) is 9.41. The Labute approximate surface area is 224 Å². The van der Waals surface area contributed by atoms with Gasteiger partial charge in [0.15, 0.2) is 0 Å². The quantitative estimate of drug-likeness (QED) is 0.210. The van der Waals surface area contributed by atoms with Gasteiger partial charge in [0.25, 0.3) is 0 Å². The van der Waals surface area contributed by atoms with Crippen molar-refractivity contribution in [2.75, 3.05) is 0 Å². The highest BCUT2D eigenvalue weighted by Crippen LogP contribution is 2.71. The zero-order valence-electron chi connectivity index (χ0n) is 23.0. The number of rotatable bonds is 0. The van der Waals surface area contributed by atoms with Crippen molar-refractivity contribution < 1.29 is 4.42 Å². The summed E-state index contributed by atoms with van der Waals surface area (Å²) in [5.74, 6) is 1.87. The highest BCUT2D eigenvalue weighted by atomic mass is 16.3. The molecule has 0 amide bonds. The van der Waals surface area contributed by atoms with E-state index in [1.807, 2.05) is 0 Å². The number of hydrogen-bond donors (Lipinski definition) is 0. The lowest BCUT2D eigenvalue weighted by molar-refractivity contribution is 0.321. The summed E-state index contributed by atoms with van der Waals surface area (Å²) in [6, 6.07) is 27.3. The molecule has 1 nitrogen and oxygen atoms in total. The zero-order valence-corrected chi connectivity index (χ0v) is 23.0. The predicted molar refractivity (Wildman–Crippen MR) is 155 cm³/mol. The maximum absolute atomic E-state index is 7.26. The highest BCUT2D eigenvalue weighted by molar-refractivity contribution is 6.12. The molecule has 1 aromatic heterocycles. The molecule has 0 aliphatic heterocycles. The first kappa shape index (κ1) is 21.4. The Kier molecular flexibility index (Phi) is 3.47. The molecule has 4 aliphatic carbocycles. The Morgan fingerprint density at radius 3 is 1.76 bits per heavy atom. The van der Waals surface area contributed by atoms with E-state index < -0.39 is 0 Å². The Bertz CT molecular complexity index is 1910. The largest absolute Gasteiger partial charge is 0.460 e. The van der Waals surface area contributed by atoms with Gasteiger partial charge in [-0.25, -0.2) is 0 Å². The van der Waals surface area contributed by atoms with Crippen molar-refractivity contribution in [2.24, 2.45) is 5.41 Å². The second kappa shape index (κ2) is 6.18. The Hall–Kier alpha value is -3.58. The molecule has 0 saturated carbocycles. The first-order valence-electron chi connectivity index (χ1n) is 14.1. The van der Waals surface area contributed by atoms with Gasteiger partial charge in [-0.15, -0.1) is 0 Å². The summed E-state index contributed by atoms with van der Waals surface area (Å²) in [6.45, 7) is 14.6. The summed E-state index contributed by atoms with van der Waals surface area (Å²) in [4.78, 5) is 0. The molecule has 0 saturated heterocycles. The average Bonchev–Trinajstić information content (AvgIpc) is 3.58. The lowest BCUT2D eigenvalue weighted by Gasteiger charge is -2.28. The molecule has 4 aliphatic rings. The molecule has 0 radical (unpaired) electrons. The van der Waals surface area contributed by atoms with E-state index in [4.69, 9.17) is 4.42 Å². The van der Waals surface area contributed by atoms with Crippen LogP contribution in [0.2, 0.25) is 0 Å². The predicted octanol–water partition coefficient (Wildman–Crippen LogP) is 9.66. The minimum absolute atomic E-state index is 0.0903. The molecule has 9 rings (SSSR count). The van der Waals surface area contributed by atoms with Crippen LogP contribution in [-0.4, -0.2) is 0 Å². The van der Waals surface area contributed by atoms with Crippen LogP contribution in [-0.2, 0) is 10.8 Å². The van der Waals surface area contributed by atoms with E-state index in [0.717, 1.165) is 5.58 Å². The second-order valence-electron chi connectivity index (χ2n) is 13.7. The fourth-order valence-electron chi connectivity index (χ4n) is 9.41. The van der Waals surface area contributed by atoms with Crippen molar-refractivity contribution in [3.05, 3.63) is 118 Å². The highest BCUT2D eigenvalue weighted by Gasteiger charge is 2.59. The van der Waals surface area contributed by atoms with Crippen molar-refractivity contribution in [2.45, 2.75) is 64.2 Å². The van der Waals surface area contributed by atoms with Gasteiger partial charge in [0.2, 0.25) is 0 Å². The van der Waals surface area contributed by atoms with Gasteiger partial charge in [-0.2, -0.15) is 0 Å². The third kappa shape index (κ3) is 2.03. The van der Waals surface area contributed by atoms with Gasteiger partial charge >= 0.3 is 0 Å². The monoisotopic (exact) mass is 492 g/mol. The molecular formula is C37H32O. The molecule has 4 aromatic carbocycles. The van der Waals surface area contributed by atoms with Gasteiger partial charge in [0.05, 0.1) is 0 Å². The van der Waals surface area contributed by atoms with Crippen molar-refractivity contribution >= 4 is 11.0 Å². The van der Waals surface area contributed by atoms with Crippen LogP contribution in [0.4, 0.5) is 0 Å². The topological polar surface area (TPSA) is 13.1 Å². The van der Waals surface area contributed by atoms with E-state index in [9.17, 15) is 0 Å². The zero-order chi connectivity index (χ0) is 25.9. The van der Waals surface area contributed by atoms with Gasteiger partial charge in [-0.05, 0) is 55.5 Å². The molecule has 0 fully saturated rings. The van der Waals surface area contributed by atoms with E-state index in [1.54, 1.807) is 0 Å². The number of fused-ring (bicyclic) bond motifs is 19. The lowest BCUT2D eigenvalue weighted by Crippen LogP contribution is -2.19. The van der Waals surface area contributed by atoms with Crippen LogP contribution in [0.25, 0.3) is 33.2 Å². The third-order valence-electron chi connectivity index (χ3n) is 10.8. The summed E-state index contributed by atoms with van der Waals surface area (Å²) in [5, 5.41) is 1.39. The van der Waals surface area contributed by atoms with Crippen molar-refractivity contribution in [3.8, 4) is 22.3 Å². The molecule has 1 heterocycles. The van der Waals surface area contributed by atoms with Gasteiger partial charge < -0.3 is 4.42 Å². The van der Waals surface area contributed by atoms with Gasteiger partial charge in [-0.3, -0.25) is 0 Å². The Morgan fingerprint density at radius 2 is 1.11 bits per heavy atom. The van der Waals surface area contributed by atoms with Gasteiger partial charge in [0.1, 0.15) is 11.3 Å². The normalized spacial score (nSPS) is 23.1. The van der Waals surface area contributed by atoms with Gasteiger partial charge in [0, 0.05) is 39.2 Å². The summed E-state index contributed by atoms with van der Waals surface area (Å²) in [6.07, 6.45) is 0.